The Bertz CT molecular complexity index is 1130. The van der Waals surface area contributed by atoms with E-state index in [-0.39, 0.29) is 5.56 Å². The van der Waals surface area contributed by atoms with E-state index in [0.717, 1.165) is 12.1 Å². The number of nitrogens with two attached hydrogens (primary N) is 1. The second kappa shape index (κ2) is 6.94. The fraction of sp³-hybridized carbons (Fsp3) is 0.118. The molecular weight excluding hydrogens is 401 g/mol. The van der Waals surface area contributed by atoms with Gasteiger partial charge in [-0.2, -0.15) is 8.42 Å². The SMILES string of the molecule is [B]C([B])(c1ccccc1)S(=O)(=O)OC1=C(N)O[C@@]([B])(c2ccc(F)cc2F)C1=O. The zero-order chi connectivity index (χ0) is 21.6. The minimum atomic E-state index is -4.90. The van der Waals surface area contributed by atoms with E-state index < -0.39 is 54.8 Å². The van der Waals surface area contributed by atoms with E-state index in [0.29, 0.717) is 6.07 Å². The van der Waals surface area contributed by atoms with Crippen molar-refractivity contribution >= 4 is 39.4 Å². The Morgan fingerprint density at radius 1 is 1.10 bits per heavy atom. The molecule has 2 N–H and O–H groups in total. The molecular formula is C17H10B3F2NO5S. The molecule has 1 aliphatic heterocycles. The van der Waals surface area contributed by atoms with Gasteiger partial charge < -0.3 is 14.7 Å². The van der Waals surface area contributed by atoms with E-state index in [9.17, 15) is 22.0 Å². The summed E-state index contributed by atoms with van der Waals surface area (Å²) in [5.74, 6) is -5.35. The topological polar surface area (TPSA) is 95.7 Å². The number of Topliss-reactive ketones (excluding diaryl/α,β-unsaturated/α-hetero) is 1. The predicted octanol–water partition coefficient (Wildman–Crippen LogP) is 0.507. The first kappa shape index (κ1) is 21.0. The van der Waals surface area contributed by atoms with Gasteiger partial charge in [0.15, 0.2) is 13.3 Å². The number of carbonyl (C=O) groups is 1. The summed E-state index contributed by atoms with van der Waals surface area (Å²) in [5.41, 5.74) is 2.33. The number of halogens is 2. The number of hydrogen-bond donors (Lipinski definition) is 1. The Labute approximate surface area is 169 Å². The predicted molar refractivity (Wildman–Crippen MR) is 101 cm³/mol. The summed E-state index contributed by atoms with van der Waals surface area (Å²) in [4.78, 5) is 12.7. The van der Waals surface area contributed by atoms with Crippen molar-refractivity contribution in [3.05, 3.63) is 82.9 Å². The zero-order valence-electron chi connectivity index (χ0n) is 14.6. The van der Waals surface area contributed by atoms with Crippen molar-refractivity contribution in [1.82, 2.24) is 0 Å². The number of rotatable bonds is 5. The molecule has 0 fully saturated rings. The van der Waals surface area contributed by atoms with Crippen LogP contribution in [0.1, 0.15) is 11.1 Å². The molecule has 0 saturated carbocycles. The standard InChI is InChI=1S/C17H10B3F2NO5S/c18-16(11-7-6-10(21)8-12(11)22)14(24)13(15(23)27-16)28-29(25,26)17(19,20)9-4-2-1-3-5-9/h1-8H,23H2/t16-/m0/s1. The van der Waals surface area contributed by atoms with Gasteiger partial charge >= 0.3 is 10.1 Å². The Morgan fingerprint density at radius 3 is 2.31 bits per heavy atom. The normalized spacial score (nSPS) is 19.9. The van der Waals surface area contributed by atoms with Gasteiger partial charge in [0.05, 0.1) is 20.2 Å². The van der Waals surface area contributed by atoms with Crippen LogP contribution in [0, 0.1) is 11.6 Å². The molecule has 6 radical (unpaired) electrons. The number of hydrogen-bond acceptors (Lipinski definition) is 6. The Balaban J connectivity index is 1.96. The van der Waals surface area contributed by atoms with Crippen LogP contribution in [0.4, 0.5) is 8.78 Å². The van der Waals surface area contributed by atoms with Gasteiger partial charge in [0.2, 0.25) is 17.4 Å². The van der Waals surface area contributed by atoms with Crippen molar-refractivity contribution in [3.63, 3.8) is 0 Å². The fourth-order valence-electron chi connectivity index (χ4n) is 2.62. The molecule has 1 aliphatic rings. The highest BCUT2D eigenvalue weighted by Gasteiger charge is 2.51. The maximum absolute atomic E-state index is 14.1. The summed E-state index contributed by atoms with van der Waals surface area (Å²) < 4.78 is 59.7. The monoisotopic (exact) mass is 411 g/mol. The van der Waals surface area contributed by atoms with Crippen LogP contribution in [-0.2, 0) is 33.9 Å². The van der Waals surface area contributed by atoms with E-state index in [1.807, 2.05) is 0 Å². The molecule has 142 valence electrons. The number of ether oxygens (including phenoxy) is 1. The smallest absolute Gasteiger partial charge is 0.302 e. The molecule has 3 rings (SSSR count). The van der Waals surface area contributed by atoms with Gasteiger partial charge in [-0.1, -0.05) is 30.3 Å². The maximum atomic E-state index is 14.1. The highest BCUT2D eigenvalue weighted by Crippen LogP contribution is 2.38. The Kier molecular flexibility index (Phi) is 5.02. The molecule has 0 aromatic heterocycles. The minimum absolute atomic E-state index is 0.0471. The van der Waals surface area contributed by atoms with Crippen LogP contribution in [0.15, 0.2) is 60.2 Å². The number of ketones is 1. The fourth-order valence-corrected chi connectivity index (χ4v) is 3.56. The number of benzene rings is 2. The molecule has 0 amide bonds. The zero-order valence-corrected chi connectivity index (χ0v) is 15.5. The lowest BCUT2D eigenvalue weighted by Crippen LogP contribution is -2.40. The van der Waals surface area contributed by atoms with E-state index in [1.54, 1.807) is 6.07 Å². The Morgan fingerprint density at radius 2 is 1.72 bits per heavy atom. The lowest BCUT2D eigenvalue weighted by molar-refractivity contribution is -0.126. The molecule has 2 aromatic rings. The lowest BCUT2D eigenvalue weighted by Gasteiger charge is -2.26. The molecule has 0 saturated heterocycles. The molecule has 1 heterocycles. The number of carbonyl (C=O) groups excluding carboxylic acids is 1. The first-order valence-corrected chi connectivity index (χ1v) is 9.36. The third-order valence-corrected chi connectivity index (χ3v) is 5.65. The highest BCUT2D eigenvalue weighted by molar-refractivity contribution is 7.90. The van der Waals surface area contributed by atoms with Gasteiger partial charge in [0, 0.05) is 11.6 Å². The van der Waals surface area contributed by atoms with Gasteiger partial charge in [0.1, 0.15) is 11.6 Å². The highest BCUT2D eigenvalue weighted by atomic mass is 32.2. The summed E-state index contributed by atoms with van der Waals surface area (Å²) in [6.45, 7) is 0. The van der Waals surface area contributed by atoms with Gasteiger partial charge in [-0.3, -0.25) is 4.79 Å². The minimum Gasteiger partial charge on any atom is -0.467 e. The average Bonchev–Trinajstić information content (AvgIpc) is 2.85. The average molecular weight is 411 g/mol. The van der Waals surface area contributed by atoms with Crippen molar-refractivity contribution in [3.8, 4) is 0 Å². The molecule has 2 aromatic carbocycles. The van der Waals surface area contributed by atoms with Crippen LogP contribution in [0.2, 0.25) is 0 Å². The molecule has 12 heteroatoms. The van der Waals surface area contributed by atoms with E-state index >= 15 is 0 Å². The van der Waals surface area contributed by atoms with Crippen molar-refractivity contribution < 1.29 is 30.9 Å². The van der Waals surface area contributed by atoms with Crippen LogP contribution >= 0.6 is 0 Å². The molecule has 0 unspecified atom stereocenters. The van der Waals surface area contributed by atoms with Crippen molar-refractivity contribution in [1.29, 1.82) is 0 Å². The van der Waals surface area contributed by atoms with Crippen LogP contribution in [-0.4, -0.2) is 37.7 Å². The largest absolute Gasteiger partial charge is 0.467 e. The first-order valence-electron chi connectivity index (χ1n) is 7.95. The quantitative estimate of drug-likeness (QED) is 0.570. The van der Waals surface area contributed by atoms with Crippen LogP contribution in [0.25, 0.3) is 0 Å². The van der Waals surface area contributed by atoms with Crippen molar-refractivity contribution in [2.45, 2.75) is 10.0 Å². The van der Waals surface area contributed by atoms with Crippen LogP contribution in [0.5, 0.6) is 0 Å². The second-order valence-electron chi connectivity index (χ2n) is 6.18. The molecule has 6 nitrogen and oxygen atoms in total. The summed E-state index contributed by atoms with van der Waals surface area (Å²) in [6, 6.07) is 9.37. The van der Waals surface area contributed by atoms with Crippen LogP contribution in [0.3, 0.4) is 0 Å². The Hall–Kier alpha value is -2.75. The summed E-state index contributed by atoms with van der Waals surface area (Å²) in [7, 11) is 12.3. The van der Waals surface area contributed by atoms with E-state index in [1.165, 1.54) is 24.3 Å². The second-order valence-corrected chi connectivity index (χ2v) is 7.93. The molecule has 1 atom stereocenters. The van der Waals surface area contributed by atoms with Gasteiger partial charge in [0.25, 0.3) is 0 Å². The van der Waals surface area contributed by atoms with Gasteiger partial charge in [-0.25, -0.2) is 8.78 Å². The molecule has 29 heavy (non-hydrogen) atoms. The summed E-state index contributed by atoms with van der Waals surface area (Å²) in [6.07, 6.45) is 0. The van der Waals surface area contributed by atoms with Gasteiger partial charge in [-0.15, -0.1) is 0 Å². The maximum Gasteiger partial charge on any atom is 0.302 e. The molecule has 0 bridgehead atoms. The van der Waals surface area contributed by atoms with Crippen LogP contribution < -0.4 is 5.73 Å². The molecule has 0 aliphatic carbocycles. The lowest BCUT2D eigenvalue weighted by atomic mass is 9.65. The third kappa shape index (κ3) is 3.41. The summed E-state index contributed by atoms with van der Waals surface area (Å²) in [5, 5.41) is 0. The van der Waals surface area contributed by atoms with Crippen molar-refractivity contribution in [2.24, 2.45) is 5.73 Å². The van der Waals surface area contributed by atoms with Gasteiger partial charge in [-0.05, 0) is 17.7 Å². The summed E-state index contributed by atoms with van der Waals surface area (Å²) >= 11 is 0. The molecule has 0 spiro atoms. The first-order chi connectivity index (χ1) is 13.4. The third-order valence-electron chi connectivity index (χ3n) is 4.20. The van der Waals surface area contributed by atoms with Crippen molar-refractivity contribution in [2.75, 3.05) is 0 Å². The van der Waals surface area contributed by atoms with E-state index in [4.69, 9.17) is 38.2 Å². The van der Waals surface area contributed by atoms with E-state index in [2.05, 4.69) is 0 Å².